The van der Waals surface area contributed by atoms with Crippen LogP contribution < -0.4 is 37.9 Å². The van der Waals surface area contributed by atoms with Gasteiger partial charge >= 0.3 is 0 Å². The average molecular weight is 1130 g/mol. The first-order valence-electron chi connectivity index (χ1n) is 26.8. The van der Waals surface area contributed by atoms with Crippen LogP contribution in [0.5, 0.6) is 0 Å². The van der Waals surface area contributed by atoms with Crippen molar-refractivity contribution in [3.05, 3.63) is 217 Å². The summed E-state index contributed by atoms with van der Waals surface area (Å²) in [7, 11) is 4.23. The summed E-state index contributed by atoms with van der Waals surface area (Å²) in [5, 5.41) is 18.9. The first-order valence-corrected chi connectivity index (χ1v) is 29.2. The number of nitrogens with two attached hydrogens (primary N) is 1. The molecule has 0 aliphatic rings. The highest BCUT2D eigenvalue weighted by Gasteiger charge is 2.20. The van der Waals surface area contributed by atoms with Crippen molar-refractivity contribution in [2.75, 3.05) is 41.3 Å². The van der Waals surface area contributed by atoms with Gasteiger partial charge in [0.15, 0.2) is 5.58 Å². The van der Waals surface area contributed by atoms with Crippen LogP contribution >= 0.6 is 11.3 Å². The van der Waals surface area contributed by atoms with Crippen LogP contribution in [0.2, 0.25) is 0 Å². The number of hydrogen-bond donors (Lipinski definition) is 1. The third-order valence-electron chi connectivity index (χ3n) is 15.2. The number of fused-ring (bicyclic) bond motifs is 2. The summed E-state index contributed by atoms with van der Waals surface area (Å²) in [6.07, 6.45) is 0. The maximum Gasteiger partial charge on any atom is 0.263 e. The minimum absolute atomic E-state index is 0.00572. The van der Waals surface area contributed by atoms with Crippen molar-refractivity contribution < 1.29 is 12.8 Å². The van der Waals surface area contributed by atoms with E-state index in [9.17, 15) is 22.8 Å². The Hall–Kier alpha value is -9.42. The molecule has 0 radical (unpaired) electrons. The topological polar surface area (TPSA) is 172 Å². The van der Waals surface area contributed by atoms with Gasteiger partial charge in [-0.2, -0.15) is 0 Å². The van der Waals surface area contributed by atoms with Crippen LogP contribution in [0.25, 0.3) is 133 Å². The van der Waals surface area contributed by atoms with Crippen molar-refractivity contribution in [1.29, 1.82) is 0 Å². The fraction of sp³-hybridized carbons (Fsp3) is 0.119. The lowest BCUT2D eigenvalue weighted by atomic mass is 9.97. The van der Waals surface area contributed by atoms with Gasteiger partial charge in [0.1, 0.15) is 10.5 Å². The van der Waals surface area contributed by atoms with Crippen molar-refractivity contribution in [3.8, 4) is 27.7 Å². The van der Waals surface area contributed by atoms with Crippen molar-refractivity contribution in [2.24, 2.45) is 5.14 Å². The van der Waals surface area contributed by atoms with Crippen molar-refractivity contribution in [3.63, 3.8) is 0 Å². The molecule has 0 aliphatic heterocycles. The Morgan fingerprint density at radius 3 is 1.57 bits per heavy atom. The molecule has 0 spiro atoms. The molecule has 16 heteroatoms. The van der Waals surface area contributed by atoms with Gasteiger partial charge in [0, 0.05) is 108 Å². The van der Waals surface area contributed by atoms with Gasteiger partial charge < -0.3 is 23.4 Å². The quantitative estimate of drug-likeness (QED) is 0.139. The molecule has 5 aromatic heterocycles. The lowest BCUT2D eigenvalue weighted by Crippen LogP contribution is -2.36. The molecule has 14 aromatic rings. The highest BCUT2D eigenvalue weighted by molar-refractivity contribution is 7.89. The number of rotatable bonds is 10. The van der Waals surface area contributed by atoms with E-state index < -0.39 is 10.0 Å². The lowest BCUT2D eigenvalue weighted by Gasteiger charge is -2.16. The monoisotopic (exact) mass is 1130 g/mol. The molecular weight excluding hydrogens is 1080 g/mol. The van der Waals surface area contributed by atoms with Crippen LogP contribution in [0, 0.1) is 0 Å². The van der Waals surface area contributed by atoms with E-state index in [1.54, 1.807) is 38.7 Å². The number of nitrogens with zero attached hydrogens (tertiary/aromatic N) is 7. The van der Waals surface area contributed by atoms with Gasteiger partial charge in [-0.05, 0) is 117 Å². The lowest BCUT2D eigenvalue weighted by molar-refractivity contribution is 0.379. The Morgan fingerprint density at radius 2 is 1.00 bits per heavy atom. The van der Waals surface area contributed by atoms with Crippen molar-refractivity contribution in [1.82, 2.24) is 33.5 Å². The van der Waals surface area contributed by atoms with E-state index in [0.29, 0.717) is 40.8 Å². The number of likely N-dealkylation sites (N-methyl/N-ethyl adjacent to an activating group) is 2. The number of sulfonamides is 1. The maximum absolute atomic E-state index is 13.2. The molecule has 0 bridgehead atoms. The second-order valence-electron chi connectivity index (χ2n) is 21.0. The van der Waals surface area contributed by atoms with Crippen LogP contribution in [0.3, 0.4) is 0 Å². The van der Waals surface area contributed by atoms with E-state index in [1.165, 1.54) is 21.4 Å². The normalized spacial score (nSPS) is 12.0. The molecule has 0 saturated heterocycles. The fourth-order valence-electron chi connectivity index (χ4n) is 11.1. The highest BCUT2D eigenvalue weighted by Crippen LogP contribution is 2.37. The summed E-state index contributed by atoms with van der Waals surface area (Å²) in [6.45, 7) is 15.4. The van der Waals surface area contributed by atoms with E-state index in [4.69, 9.17) is 14.5 Å². The van der Waals surface area contributed by atoms with Crippen LogP contribution in [0.1, 0.15) is 0 Å². The number of hydrogen-bond acceptors (Lipinski definition) is 11. The molecule has 0 aliphatic carbocycles. The molecule has 0 fully saturated rings. The van der Waals surface area contributed by atoms with Crippen LogP contribution in [-0.2, 0) is 23.1 Å². The van der Waals surface area contributed by atoms with Crippen LogP contribution in [0.4, 0.5) is 0 Å². The molecule has 0 saturated carbocycles. The number of thiazole rings is 1. The largest absolute Gasteiger partial charge is 0.436 e. The molecular formula is C67H56N8O6S2. The number of oxazole rings is 1. The Kier molecular flexibility index (Phi) is 14.0. The van der Waals surface area contributed by atoms with E-state index in [0.717, 1.165) is 110 Å². The predicted octanol–water partition coefficient (Wildman–Crippen LogP) is 9.70. The van der Waals surface area contributed by atoms with Gasteiger partial charge in [-0.15, -0.1) is 11.3 Å². The van der Waals surface area contributed by atoms with Crippen molar-refractivity contribution in [2.45, 2.75) is 18.0 Å². The van der Waals surface area contributed by atoms with Gasteiger partial charge in [-0.3, -0.25) is 19.0 Å². The fourth-order valence-corrected chi connectivity index (χ4v) is 12.6. The summed E-state index contributed by atoms with van der Waals surface area (Å²) >= 11 is 1.68. The Bertz CT molecular complexity index is 4930. The zero-order chi connectivity index (χ0) is 58.0. The second-order valence-corrected chi connectivity index (χ2v) is 23.6. The van der Waals surface area contributed by atoms with Gasteiger partial charge in [0.05, 0.1) is 15.1 Å². The number of para-hydroxylation sites is 3. The summed E-state index contributed by atoms with van der Waals surface area (Å²) in [5.74, 6) is 0.558. The number of aromatic nitrogens is 5. The number of benzene rings is 9. The van der Waals surface area contributed by atoms with Crippen molar-refractivity contribution >= 4 is 127 Å². The maximum atomic E-state index is 13.2. The van der Waals surface area contributed by atoms with Gasteiger partial charge in [-0.25, -0.2) is 23.5 Å². The van der Waals surface area contributed by atoms with E-state index in [1.807, 2.05) is 143 Å². The SMILES string of the molecule is C=c1c2ccc(-c3nc4ccccc4o3)c3cccc(c(=O)n1CCN(C)C)c32.C=c1c2ccc(-c3nc4ccccc4s3)c3cccc(c(=O)n1CCN(C)C)c32.C=c1c2cccc3cccc(c(=O)n1-c1ccc(S(N)(=O)=O)cc1)c32. The zero-order valence-electron chi connectivity index (χ0n) is 46.1. The van der Waals surface area contributed by atoms with Gasteiger partial charge in [0.2, 0.25) is 15.9 Å². The second kappa shape index (κ2) is 21.5. The van der Waals surface area contributed by atoms with E-state index in [2.05, 4.69) is 58.8 Å². The molecule has 14 nitrogen and oxygen atoms in total. The first kappa shape index (κ1) is 54.2. The average Bonchev–Trinajstić information content (AvgIpc) is 2.67. The predicted molar refractivity (Wildman–Crippen MR) is 341 cm³/mol. The molecule has 2 N–H and O–H groups in total. The Labute approximate surface area is 479 Å². The molecule has 0 unspecified atom stereocenters. The Balaban J connectivity index is 0.000000123. The summed E-state index contributed by atoms with van der Waals surface area (Å²) in [5.41, 5.74) is 4.87. The minimum atomic E-state index is -3.78. The summed E-state index contributed by atoms with van der Waals surface area (Å²) in [6, 6.07) is 53.2. The van der Waals surface area contributed by atoms with E-state index >= 15 is 0 Å². The highest BCUT2D eigenvalue weighted by atomic mass is 32.2. The van der Waals surface area contributed by atoms with Gasteiger partial charge in [-0.1, -0.05) is 117 Å². The summed E-state index contributed by atoms with van der Waals surface area (Å²) in [4.78, 5) is 53.1. The van der Waals surface area contributed by atoms with Crippen LogP contribution in [-0.4, -0.2) is 83.2 Å². The van der Waals surface area contributed by atoms with Gasteiger partial charge in [0.25, 0.3) is 16.7 Å². The smallest absolute Gasteiger partial charge is 0.263 e. The first-order chi connectivity index (χ1) is 40.0. The molecule has 0 amide bonds. The number of pyridine rings is 3. The van der Waals surface area contributed by atoms with E-state index in [-0.39, 0.29) is 21.6 Å². The standard InChI is InChI=1S/C24H21N3O2.C24H21N3OS.C19H14N2O3S/c2*1-15-16-11-12-18(23-25-20-9-4-5-10-21(20)29-23)17-7-6-8-19(22(16)17)24(28)27(15)14-13-26(2)3;1-12-16-6-2-4-13-5-3-7-17(18(13)16)19(22)21(12)14-8-10-15(11-9-14)25(20,23)24/h2*4-12H,1,13-14H2,2-3H3;2-11H,1H2,(H2,20,23,24). The van der Waals surface area contributed by atoms with Crippen LogP contribution in [0.15, 0.2) is 194 Å². The molecule has 83 heavy (non-hydrogen) atoms. The third-order valence-corrected chi connectivity index (χ3v) is 17.2. The molecule has 0 atom stereocenters. The minimum Gasteiger partial charge on any atom is -0.436 e. The molecule has 5 heterocycles. The summed E-state index contributed by atoms with van der Waals surface area (Å²) < 4.78 is 35.1. The molecule has 412 valence electrons. The zero-order valence-corrected chi connectivity index (χ0v) is 47.7. The Morgan fingerprint density at radius 1 is 0.506 bits per heavy atom. The number of primary sulfonamides is 1. The third kappa shape index (κ3) is 9.75. The molecule has 14 rings (SSSR count). The molecule has 9 aromatic carbocycles.